The van der Waals surface area contributed by atoms with E-state index in [0.29, 0.717) is 35.8 Å². The number of hydrogen-bond donors (Lipinski definition) is 0. The monoisotopic (exact) mass is 242 g/mol. The van der Waals surface area contributed by atoms with E-state index in [0.717, 1.165) is 12.8 Å². The molecular weight excluding hydrogens is 228 g/mol. The molecule has 1 aromatic heterocycles. The Bertz CT molecular complexity index is 399. The molecule has 0 aromatic carbocycles. The smallest absolute Gasteiger partial charge is 0.291 e. The lowest BCUT2D eigenvalue weighted by molar-refractivity contribution is 0.0719. The third kappa shape index (κ3) is 2.21. The summed E-state index contributed by atoms with van der Waals surface area (Å²) in [7, 11) is 0. The van der Waals surface area contributed by atoms with Crippen LogP contribution in [0.4, 0.5) is 0 Å². The predicted octanol–water partition coefficient (Wildman–Crippen LogP) is 2.13. The zero-order valence-electron chi connectivity index (χ0n) is 9.49. The second kappa shape index (κ2) is 4.45. The summed E-state index contributed by atoms with van der Waals surface area (Å²) < 4.78 is 5.34. The fourth-order valence-corrected chi connectivity index (χ4v) is 1.97. The van der Waals surface area contributed by atoms with Crippen LogP contribution in [0.3, 0.4) is 0 Å². The maximum Gasteiger partial charge on any atom is 0.291 e. The number of oxazole rings is 1. The molecule has 0 saturated heterocycles. The molecule has 0 unspecified atom stereocenters. The Hall–Kier alpha value is -1.03. The van der Waals surface area contributed by atoms with Crippen LogP contribution in [0.1, 0.15) is 35.0 Å². The molecule has 1 fully saturated rings. The number of carbonyl (C=O) groups is 1. The van der Waals surface area contributed by atoms with Crippen molar-refractivity contribution in [3.63, 3.8) is 0 Å². The Morgan fingerprint density at radius 3 is 2.69 bits per heavy atom. The van der Waals surface area contributed by atoms with Crippen molar-refractivity contribution in [2.45, 2.75) is 32.7 Å². The van der Waals surface area contributed by atoms with Crippen molar-refractivity contribution in [2.24, 2.45) is 0 Å². The van der Waals surface area contributed by atoms with Gasteiger partial charge >= 0.3 is 0 Å². The number of nitrogens with zero attached hydrogens (tertiary/aromatic N) is 2. The first-order valence-electron chi connectivity index (χ1n) is 5.44. The SMILES string of the molecule is Cc1nc(C)c(C(=O)N(CCCl)C2CC2)o1. The molecule has 16 heavy (non-hydrogen) atoms. The molecule has 1 saturated carbocycles. The number of rotatable bonds is 4. The van der Waals surface area contributed by atoms with Gasteiger partial charge < -0.3 is 9.32 Å². The number of aryl methyl sites for hydroxylation is 2. The van der Waals surface area contributed by atoms with Gasteiger partial charge in [0.2, 0.25) is 5.76 Å². The Balaban J connectivity index is 2.18. The average Bonchev–Trinajstić information content (AvgIpc) is 3.00. The van der Waals surface area contributed by atoms with Crippen molar-refractivity contribution in [1.29, 1.82) is 0 Å². The number of carbonyl (C=O) groups excluding carboxylic acids is 1. The minimum absolute atomic E-state index is 0.0822. The number of halogens is 1. The summed E-state index contributed by atoms with van der Waals surface area (Å²) >= 11 is 5.70. The lowest BCUT2D eigenvalue weighted by atomic mass is 10.3. The van der Waals surface area contributed by atoms with E-state index in [-0.39, 0.29) is 5.91 Å². The molecule has 1 aliphatic rings. The molecule has 1 aliphatic carbocycles. The highest BCUT2D eigenvalue weighted by Gasteiger charge is 2.34. The minimum atomic E-state index is -0.0822. The molecule has 0 spiro atoms. The molecule has 1 aromatic rings. The molecule has 0 N–H and O–H groups in total. The molecule has 1 heterocycles. The van der Waals surface area contributed by atoms with Crippen molar-refractivity contribution in [3.05, 3.63) is 17.3 Å². The standard InChI is InChI=1S/C11H15ClN2O2/c1-7-10(16-8(2)13-7)11(15)14(6-5-12)9-3-4-9/h9H,3-6H2,1-2H3. The van der Waals surface area contributed by atoms with E-state index in [1.165, 1.54) is 0 Å². The lowest BCUT2D eigenvalue weighted by Gasteiger charge is -2.19. The molecule has 88 valence electrons. The molecular formula is C11H15ClN2O2. The Morgan fingerprint density at radius 1 is 1.56 bits per heavy atom. The number of hydrogen-bond acceptors (Lipinski definition) is 3. The highest BCUT2D eigenvalue weighted by molar-refractivity contribution is 6.18. The van der Waals surface area contributed by atoms with Gasteiger partial charge in [0.05, 0.1) is 5.69 Å². The van der Waals surface area contributed by atoms with Gasteiger partial charge in [0.1, 0.15) is 0 Å². The minimum Gasteiger partial charge on any atom is -0.436 e. The summed E-state index contributed by atoms with van der Waals surface area (Å²) in [6.07, 6.45) is 2.13. The summed E-state index contributed by atoms with van der Waals surface area (Å²) in [5.74, 6) is 1.26. The summed E-state index contributed by atoms with van der Waals surface area (Å²) in [5, 5.41) is 0. The van der Waals surface area contributed by atoms with Crippen LogP contribution in [0.2, 0.25) is 0 Å². The van der Waals surface area contributed by atoms with Crippen LogP contribution in [0.25, 0.3) is 0 Å². The summed E-state index contributed by atoms with van der Waals surface area (Å²) in [5.41, 5.74) is 0.655. The normalized spacial score (nSPS) is 15.2. The van der Waals surface area contributed by atoms with Gasteiger partial charge in [0.15, 0.2) is 5.89 Å². The summed E-state index contributed by atoms with van der Waals surface area (Å²) in [6.45, 7) is 4.10. The molecule has 0 bridgehead atoms. The number of aromatic nitrogens is 1. The van der Waals surface area contributed by atoms with E-state index < -0.39 is 0 Å². The van der Waals surface area contributed by atoms with Crippen LogP contribution in [0, 0.1) is 13.8 Å². The van der Waals surface area contributed by atoms with E-state index in [9.17, 15) is 4.79 Å². The summed E-state index contributed by atoms with van der Waals surface area (Å²) in [4.78, 5) is 18.1. The first-order chi connectivity index (χ1) is 7.63. The molecule has 5 heteroatoms. The van der Waals surface area contributed by atoms with E-state index in [1.54, 1.807) is 18.7 Å². The average molecular weight is 243 g/mol. The van der Waals surface area contributed by atoms with Gasteiger partial charge in [-0.1, -0.05) is 0 Å². The van der Waals surface area contributed by atoms with E-state index in [1.807, 2.05) is 0 Å². The molecule has 2 rings (SSSR count). The zero-order chi connectivity index (χ0) is 11.7. The third-order valence-electron chi connectivity index (χ3n) is 2.67. The van der Waals surface area contributed by atoms with E-state index in [2.05, 4.69) is 4.98 Å². The second-order valence-electron chi connectivity index (χ2n) is 4.07. The van der Waals surface area contributed by atoms with Gasteiger partial charge in [0, 0.05) is 25.4 Å². The van der Waals surface area contributed by atoms with Crippen molar-refractivity contribution >= 4 is 17.5 Å². The largest absolute Gasteiger partial charge is 0.436 e. The van der Waals surface area contributed by atoms with Crippen LogP contribution in [-0.4, -0.2) is 34.3 Å². The predicted molar refractivity (Wildman–Crippen MR) is 60.8 cm³/mol. The highest BCUT2D eigenvalue weighted by Crippen LogP contribution is 2.28. The molecule has 1 amide bonds. The Labute approximate surface area is 99.6 Å². The lowest BCUT2D eigenvalue weighted by Crippen LogP contribution is -2.34. The molecule has 0 radical (unpaired) electrons. The molecule has 4 nitrogen and oxygen atoms in total. The first kappa shape index (κ1) is 11.5. The third-order valence-corrected chi connectivity index (χ3v) is 2.84. The van der Waals surface area contributed by atoms with E-state index >= 15 is 0 Å². The van der Waals surface area contributed by atoms with Gasteiger partial charge in [-0.05, 0) is 19.8 Å². The van der Waals surface area contributed by atoms with Crippen molar-refractivity contribution in [1.82, 2.24) is 9.88 Å². The topological polar surface area (TPSA) is 46.3 Å². The molecule has 0 aliphatic heterocycles. The number of amides is 1. The number of alkyl halides is 1. The van der Waals surface area contributed by atoms with Crippen LogP contribution in [0.5, 0.6) is 0 Å². The van der Waals surface area contributed by atoms with Gasteiger partial charge in [-0.15, -0.1) is 11.6 Å². The summed E-state index contributed by atoms with van der Waals surface area (Å²) in [6, 6.07) is 0.344. The maximum atomic E-state index is 12.2. The Kier molecular flexibility index (Phi) is 3.19. The van der Waals surface area contributed by atoms with Gasteiger partial charge in [-0.25, -0.2) is 4.98 Å². The zero-order valence-corrected chi connectivity index (χ0v) is 10.3. The van der Waals surface area contributed by atoms with Crippen molar-refractivity contribution in [3.8, 4) is 0 Å². The maximum absolute atomic E-state index is 12.2. The van der Waals surface area contributed by atoms with Gasteiger partial charge in [-0.3, -0.25) is 4.79 Å². The van der Waals surface area contributed by atoms with Crippen LogP contribution < -0.4 is 0 Å². The van der Waals surface area contributed by atoms with Crippen LogP contribution >= 0.6 is 11.6 Å². The second-order valence-corrected chi connectivity index (χ2v) is 4.44. The Morgan fingerprint density at radius 2 is 2.25 bits per heavy atom. The quantitative estimate of drug-likeness (QED) is 0.760. The van der Waals surface area contributed by atoms with Gasteiger partial charge in [0.25, 0.3) is 5.91 Å². The van der Waals surface area contributed by atoms with Crippen molar-refractivity contribution < 1.29 is 9.21 Å². The molecule has 0 atom stereocenters. The fourth-order valence-electron chi connectivity index (χ4n) is 1.79. The van der Waals surface area contributed by atoms with Gasteiger partial charge in [-0.2, -0.15) is 0 Å². The fraction of sp³-hybridized carbons (Fsp3) is 0.636. The van der Waals surface area contributed by atoms with Crippen molar-refractivity contribution in [2.75, 3.05) is 12.4 Å². The highest BCUT2D eigenvalue weighted by atomic mass is 35.5. The van der Waals surface area contributed by atoms with Crippen LogP contribution in [-0.2, 0) is 0 Å². The first-order valence-corrected chi connectivity index (χ1v) is 5.98. The van der Waals surface area contributed by atoms with Crippen LogP contribution in [0.15, 0.2) is 4.42 Å². The van der Waals surface area contributed by atoms with E-state index in [4.69, 9.17) is 16.0 Å².